The highest BCUT2D eigenvalue weighted by molar-refractivity contribution is 9.10. The number of nitrogens with zero attached hydrogens (tertiary/aromatic N) is 1. The van der Waals surface area contributed by atoms with Crippen LogP contribution in [0, 0.1) is 0 Å². The average molecular weight is 216 g/mol. The molecule has 1 atom stereocenters. The van der Waals surface area contributed by atoms with E-state index >= 15 is 0 Å². The molecule has 0 bridgehead atoms. The standard InChI is InChI=1S/C7H6BrNO2/c8-6-2-1-5-7(9-6)4(10)3-11-5/h1-2,4,10H,3H2. The average Bonchev–Trinajstić information content (AvgIpc) is 2.33. The summed E-state index contributed by atoms with van der Waals surface area (Å²) in [6.45, 7) is 0.318. The molecule has 1 aromatic rings. The summed E-state index contributed by atoms with van der Waals surface area (Å²) in [6.07, 6.45) is -0.567. The second kappa shape index (κ2) is 2.46. The van der Waals surface area contributed by atoms with Gasteiger partial charge >= 0.3 is 0 Å². The van der Waals surface area contributed by atoms with Crippen molar-refractivity contribution in [3.63, 3.8) is 0 Å². The van der Waals surface area contributed by atoms with Crippen molar-refractivity contribution in [1.82, 2.24) is 4.98 Å². The maximum atomic E-state index is 9.30. The molecule has 0 radical (unpaired) electrons. The first-order valence-electron chi connectivity index (χ1n) is 3.24. The highest BCUT2D eigenvalue weighted by atomic mass is 79.9. The van der Waals surface area contributed by atoms with Gasteiger partial charge in [0, 0.05) is 0 Å². The number of aliphatic hydroxyl groups excluding tert-OH is 1. The van der Waals surface area contributed by atoms with Gasteiger partial charge < -0.3 is 9.84 Å². The van der Waals surface area contributed by atoms with Crippen LogP contribution in [0.4, 0.5) is 0 Å². The Labute approximate surface area is 72.2 Å². The first-order chi connectivity index (χ1) is 5.27. The Bertz CT molecular complexity index is 290. The summed E-state index contributed by atoms with van der Waals surface area (Å²) in [5.74, 6) is 0.681. The van der Waals surface area contributed by atoms with E-state index in [-0.39, 0.29) is 0 Å². The number of ether oxygens (including phenoxy) is 1. The number of hydrogen-bond donors (Lipinski definition) is 1. The molecule has 2 rings (SSSR count). The zero-order chi connectivity index (χ0) is 7.84. The van der Waals surface area contributed by atoms with E-state index in [1.54, 1.807) is 12.1 Å². The molecule has 1 aliphatic heterocycles. The van der Waals surface area contributed by atoms with Gasteiger partial charge in [-0.25, -0.2) is 4.98 Å². The molecule has 1 unspecified atom stereocenters. The van der Waals surface area contributed by atoms with Gasteiger partial charge in [0.25, 0.3) is 0 Å². The molecule has 2 heterocycles. The fourth-order valence-corrected chi connectivity index (χ4v) is 1.37. The first kappa shape index (κ1) is 7.06. The maximum absolute atomic E-state index is 9.30. The molecular formula is C7H6BrNO2. The normalized spacial score (nSPS) is 21.1. The van der Waals surface area contributed by atoms with Gasteiger partial charge in [0.15, 0.2) is 0 Å². The Kier molecular flexibility index (Phi) is 1.58. The highest BCUT2D eigenvalue weighted by Gasteiger charge is 2.23. The zero-order valence-electron chi connectivity index (χ0n) is 5.62. The molecule has 0 aliphatic carbocycles. The van der Waals surface area contributed by atoms with Gasteiger partial charge in [0.1, 0.15) is 28.8 Å². The van der Waals surface area contributed by atoms with Crippen LogP contribution in [-0.4, -0.2) is 16.7 Å². The van der Waals surface area contributed by atoms with E-state index in [1.165, 1.54) is 0 Å². The molecule has 1 N–H and O–H groups in total. The van der Waals surface area contributed by atoms with Crippen molar-refractivity contribution in [2.75, 3.05) is 6.61 Å². The number of fused-ring (bicyclic) bond motifs is 1. The van der Waals surface area contributed by atoms with Crippen molar-refractivity contribution in [2.45, 2.75) is 6.10 Å². The van der Waals surface area contributed by atoms with Gasteiger partial charge in [-0.2, -0.15) is 0 Å². The largest absolute Gasteiger partial charge is 0.488 e. The molecule has 0 amide bonds. The van der Waals surface area contributed by atoms with Gasteiger partial charge in [0.05, 0.1) is 0 Å². The summed E-state index contributed by atoms with van der Waals surface area (Å²) in [5.41, 5.74) is 0.624. The topological polar surface area (TPSA) is 42.4 Å². The fourth-order valence-electron chi connectivity index (χ4n) is 1.05. The Morgan fingerprint density at radius 3 is 3.27 bits per heavy atom. The van der Waals surface area contributed by atoms with E-state index in [0.717, 1.165) is 4.60 Å². The van der Waals surface area contributed by atoms with Crippen molar-refractivity contribution in [3.8, 4) is 5.75 Å². The predicted molar refractivity (Wildman–Crippen MR) is 42.4 cm³/mol. The summed E-state index contributed by atoms with van der Waals surface area (Å²) in [5, 5.41) is 9.30. The van der Waals surface area contributed by atoms with Crippen LogP contribution in [0.2, 0.25) is 0 Å². The third-order valence-corrected chi connectivity index (χ3v) is 2.01. The minimum Gasteiger partial charge on any atom is -0.488 e. The molecule has 58 valence electrons. The fraction of sp³-hybridized carbons (Fsp3) is 0.286. The molecule has 0 saturated carbocycles. The molecule has 4 heteroatoms. The molecule has 0 spiro atoms. The lowest BCUT2D eigenvalue weighted by molar-refractivity contribution is 0.138. The molecule has 3 nitrogen and oxygen atoms in total. The lowest BCUT2D eigenvalue weighted by Crippen LogP contribution is -1.98. The molecule has 0 saturated heterocycles. The summed E-state index contributed by atoms with van der Waals surface area (Å²) >= 11 is 3.21. The van der Waals surface area contributed by atoms with Crippen LogP contribution in [0.1, 0.15) is 11.8 Å². The smallest absolute Gasteiger partial charge is 0.143 e. The van der Waals surface area contributed by atoms with Gasteiger partial charge in [-0.3, -0.25) is 0 Å². The summed E-state index contributed by atoms with van der Waals surface area (Å²) in [6, 6.07) is 3.58. The minimum absolute atomic E-state index is 0.318. The third-order valence-electron chi connectivity index (χ3n) is 1.56. The summed E-state index contributed by atoms with van der Waals surface area (Å²) in [4.78, 5) is 4.08. The van der Waals surface area contributed by atoms with Crippen LogP contribution in [0.25, 0.3) is 0 Å². The molecule has 1 aliphatic rings. The van der Waals surface area contributed by atoms with Crippen molar-refractivity contribution in [3.05, 3.63) is 22.4 Å². The van der Waals surface area contributed by atoms with E-state index in [2.05, 4.69) is 20.9 Å². The van der Waals surface area contributed by atoms with Crippen molar-refractivity contribution < 1.29 is 9.84 Å². The summed E-state index contributed by atoms with van der Waals surface area (Å²) in [7, 11) is 0. The van der Waals surface area contributed by atoms with E-state index in [0.29, 0.717) is 18.1 Å². The number of aliphatic hydroxyl groups is 1. The number of halogens is 1. The van der Waals surface area contributed by atoms with Gasteiger partial charge in [-0.1, -0.05) is 0 Å². The first-order valence-corrected chi connectivity index (χ1v) is 4.04. The van der Waals surface area contributed by atoms with Crippen LogP contribution in [-0.2, 0) is 0 Å². The number of aromatic nitrogens is 1. The quantitative estimate of drug-likeness (QED) is 0.664. The van der Waals surface area contributed by atoms with Crippen LogP contribution >= 0.6 is 15.9 Å². The van der Waals surface area contributed by atoms with Crippen molar-refractivity contribution in [1.29, 1.82) is 0 Å². The molecule has 0 aromatic carbocycles. The molecule has 11 heavy (non-hydrogen) atoms. The lowest BCUT2D eigenvalue weighted by atomic mass is 10.2. The maximum Gasteiger partial charge on any atom is 0.143 e. The van der Waals surface area contributed by atoms with E-state index in [9.17, 15) is 5.11 Å². The van der Waals surface area contributed by atoms with Crippen molar-refractivity contribution >= 4 is 15.9 Å². The molecular weight excluding hydrogens is 210 g/mol. The number of hydrogen-bond acceptors (Lipinski definition) is 3. The number of rotatable bonds is 0. The van der Waals surface area contributed by atoms with Crippen LogP contribution in [0.15, 0.2) is 16.7 Å². The van der Waals surface area contributed by atoms with Crippen LogP contribution < -0.4 is 4.74 Å². The van der Waals surface area contributed by atoms with Crippen molar-refractivity contribution in [2.24, 2.45) is 0 Å². The highest BCUT2D eigenvalue weighted by Crippen LogP contribution is 2.31. The Balaban J connectivity index is 2.52. The predicted octanol–water partition coefficient (Wildman–Crippen LogP) is 1.27. The lowest BCUT2D eigenvalue weighted by Gasteiger charge is -1.97. The second-order valence-corrected chi connectivity index (χ2v) is 3.16. The minimum atomic E-state index is -0.567. The Morgan fingerprint density at radius 2 is 2.45 bits per heavy atom. The summed E-state index contributed by atoms with van der Waals surface area (Å²) < 4.78 is 5.86. The van der Waals surface area contributed by atoms with Crippen LogP contribution in [0.3, 0.4) is 0 Å². The Hall–Kier alpha value is -0.610. The van der Waals surface area contributed by atoms with E-state index < -0.39 is 6.10 Å². The third kappa shape index (κ3) is 1.12. The SMILES string of the molecule is OC1COc2ccc(Br)nc21. The zero-order valence-corrected chi connectivity index (χ0v) is 7.21. The number of pyridine rings is 1. The molecule has 1 aromatic heterocycles. The Morgan fingerprint density at radius 1 is 1.64 bits per heavy atom. The van der Waals surface area contributed by atoms with Crippen LogP contribution in [0.5, 0.6) is 5.75 Å². The van der Waals surface area contributed by atoms with Gasteiger partial charge in [-0.05, 0) is 28.1 Å². The van der Waals surface area contributed by atoms with Gasteiger partial charge in [-0.15, -0.1) is 0 Å². The van der Waals surface area contributed by atoms with Gasteiger partial charge in [0.2, 0.25) is 0 Å². The van der Waals surface area contributed by atoms with E-state index in [4.69, 9.17) is 4.74 Å². The second-order valence-electron chi connectivity index (χ2n) is 2.34. The van der Waals surface area contributed by atoms with E-state index in [1.807, 2.05) is 0 Å². The monoisotopic (exact) mass is 215 g/mol. The molecule has 0 fully saturated rings.